The minimum atomic E-state index is -4.33. The lowest BCUT2D eigenvalue weighted by molar-refractivity contribution is -0.191. The van der Waals surface area contributed by atoms with Gasteiger partial charge in [-0.2, -0.15) is 13.2 Å². The molecule has 0 radical (unpaired) electrons. The van der Waals surface area contributed by atoms with Crippen molar-refractivity contribution < 1.29 is 27.8 Å². The van der Waals surface area contributed by atoms with E-state index in [0.717, 1.165) is 0 Å². The Bertz CT molecular complexity index is 296. The quantitative estimate of drug-likeness (QED) is 0.747. The van der Waals surface area contributed by atoms with Gasteiger partial charge in [-0.05, 0) is 19.3 Å². The van der Waals surface area contributed by atoms with Gasteiger partial charge in [0.05, 0.1) is 12.5 Å². The molecule has 0 aromatic rings. The van der Waals surface area contributed by atoms with Gasteiger partial charge in [-0.1, -0.05) is 6.42 Å². The highest BCUT2D eigenvalue weighted by Crippen LogP contribution is 2.41. The van der Waals surface area contributed by atoms with E-state index in [-0.39, 0.29) is 32.4 Å². The Morgan fingerprint density at radius 2 is 2.22 bits per heavy atom. The number of ether oxygens (including phenoxy) is 1. The molecule has 2 atom stereocenters. The summed E-state index contributed by atoms with van der Waals surface area (Å²) in [5.74, 6) is -2.76. The van der Waals surface area contributed by atoms with E-state index in [1.165, 1.54) is 7.11 Å². The van der Waals surface area contributed by atoms with E-state index in [4.69, 9.17) is 4.74 Å². The van der Waals surface area contributed by atoms with Gasteiger partial charge >= 0.3 is 12.1 Å². The predicted octanol–water partition coefficient (Wildman–Crippen LogP) is 1.80. The van der Waals surface area contributed by atoms with E-state index in [1.807, 2.05) is 0 Å². The maximum atomic E-state index is 12.7. The second-order valence-corrected chi connectivity index (χ2v) is 4.64. The third kappa shape index (κ3) is 3.58. The normalized spacial score (nSPS) is 29.2. The van der Waals surface area contributed by atoms with E-state index < -0.39 is 30.0 Å². The van der Waals surface area contributed by atoms with Crippen LogP contribution in [0, 0.1) is 5.92 Å². The van der Waals surface area contributed by atoms with E-state index in [2.05, 4.69) is 5.32 Å². The van der Waals surface area contributed by atoms with Gasteiger partial charge in [-0.25, -0.2) is 0 Å². The van der Waals surface area contributed by atoms with E-state index >= 15 is 0 Å². The van der Waals surface area contributed by atoms with Crippen molar-refractivity contribution in [3.05, 3.63) is 0 Å². The molecule has 0 bridgehead atoms. The number of hydrogen-bond acceptors (Lipinski definition) is 3. The molecule has 0 amide bonds. The summed E-state index contributed by atoms with van der Waals surface area (Å²) in [7, 11) is 1.45. The summed E-state index contributed by atoms with van der Waals surface area (Å²) < 4.78 is 42.8. The molecule has 1 fully saturated rings. The van der Waals surface area contributed by atoms with Crippen LogP contribution in [0.15, 0.2) is 0 Å². The SMILES string of the molecule is COCCNC1(C(=O)O)CCCC(C(F)(F)F)C1. The Morgan fingerprint density at radius 3 is 2.72 bits per heavy atom. The van der Waals surface area contributed by atoms with Crippen LogP contribution in [0.25, 0.3) is 0 Å². The second kappa shape index (κ2) is 5.88. The molecule has 1 rings (SSSR count). The average molecular weight is 269 g/mol. The van der Waals surface area contributed by atoms with Crippen molar-refractivity contribution in [3.63, 3.8) is 0 Å². The molecular formula is C11H18F3NO3. The minimum absolute atomic E-state index is 0.00445. The molecular weight excluding hydrogens is 251 g/mol. The standard InChI is InChI=1S/C11H18F3NO3/c1-18-6-5-15-10(9(16)17)4-2-3-8(7-10)11(12,13)14/h8,15H,2-7H2,1H3,(H,16,17). The van der Waals surface area contributed by atoms with Gasteiger partial charge in [-0.3, -0.25) is 10.1 Å². The van der Waals surface area contributed by atoms with Crippen LogP contribution in [-0.4, -0.2) is 43.1 Å². The predicted molar refractivity (Wildman–Crippen MR) is 58.3 cm³/mol. The Kier molecular flexibility index (Phi) is 4.98. The number of alkyl halides is 3. The van der Waals surface area contributed by atoms with Crippen LogP contribution >= 0.6 is 0 Å². The highest BCUT2D eigenvalue weighted by atomic mass is 19.4. The molecule has 0 spiro atoms. The zero-order valence-corrected chi connectivity index (χ0v) is 10.2. The molecule has 106 valence electrons. The number of halogens is 3. The number of aliphatic carboxylic acids is 1. The van der Waals surface area contributed by atoms with Crippen molar-refractivity contribution in [2.45, 2.75) is 37.4 Å². The van der Waals surface area contributed by atoms with Crippen molar-refractivity contribution in [2.24, 2.45) is 5.92 Å². The van der Waals surface area contributed by atoms with E-state index in [9.17, 15) is 23.1 Å². The van der Waals surface area contributed by atoms with E-state index in [0.29, 0.717) is 0 Å². The van der Waals surface area contributed by atoms with Crippen LogP contribution in [0.3, 0.4) is 0 Å². The first-order valence-corrected chi connectivity index (χ1v) is 5.86. The highest BCUT2D eigenvalue weighted by molar-refractivity contribution is 5.79. The van der Waals surface area contributed by atoms with Crippen LogP contribution < -0.4 is 5.32 Å². The first-order valence-electron chi connectivity index (χ1n) is 5.86. The van der Waals surface area contributed by atoms with Crippen molar-refractivity contribution in [1.29, 1.82) is 0 Å². The number of rotatable bonds is 5. The maximum Gasteiger partial charge on any atom is 0.391 e. The molecule has 1 aliphatic rings. The zero-order valence-electron chi connectivity index (χ0n) is 10.2. The maximum absolute atomic E-state index is 12.7. The van der Waals surface area contributed by atoms with Gasteiger partial charge in [0, 0.05) is 13.7 Å². The molecule has 2 N–H and O–H groups in total. The number of hydrogen-bond donors (Lipinski definition) is 2. The number of nitrogens with one attached hydrogen (secondary N) is 1. The Labute approximate surface area is 103 Å². The molecule has 0 heterocycles. The van der Waals surface area contributed by atoms with E-state index in [1.54, 1.807) is 0 Å². The average Bonchev–Trinajstić information content (AvgIpc) is 2.28. The van der Waals surface area contributed by atoms with Crippen LogP contribution in [0.5, 0.6) is 0 Å². The van der Waals surface area contributed by atoms with Crippen molar-refractivity contribution in [2.75, 3.05) is 20.3 Å². The lowest BCUT2D eigenvalue weighted by atomic mass is 9.75. The fraction of sp³-hybridized carbons (Fsp3) is 0.909. The fourth-order valence-electron chi connectivity index (χ4n) is 2.38. The van der Waals surface area contributed by atoms with Gasteiger partial charge in [0.25, 0.3) is 0 Å². The van der Waals surface area contributed by atoms with Crippen molar-refractivity contribution >= 4 is 5.97 Å². The first kappa shape index (κ1) is 15.2. The fourth-order valence-corrected chi connectivity index (χ4v) is 2.38. The number of carboxylic acids is 1. The summed E-state index contributed by atoms with van der Waals surface area (Å²) in [6, 6.07) is 0. The highest BCUT2D eigenvalue weighted by Gasteiger charge is 2.50. The largest absolute Gasteiger partial charge is 0.480 e. The smallest absolute Gasteiger partial charge is 0.391 e. The van der Waals surface area contributed by atoms with Gasteiger partial charge in [0.15, 0.2) is 0 Å². The Balaban J connectivity index is 2.74. The molecule has 18 heavy (non-hydrogen) atoms. The lowest BCUT2D eigenvalue weighted by Crippen LogP contribution is -2.57. The molecule has 1 aliphatic carbocycles. The summed E-state index contributed by atoms with van der Waals surface area (Å²) in [6.45, 7) is 0.499. The molecule has 0 aliphatic heterocycles. The third-order valence-electron chi connectivity index (χ3n) is 3.39. The first-order chi connectivity index (χ1) is 8.32. The summed E-state index contributed by atoms with van der Waals surface area (Å²) in [4.78, 5) is 11.3. The summed E-state index contributed by atoms with van der Waals surface area (Å²) in [6.07, 6.45) is -4.25. The molecule has 2 unspecified atom stereocenters. The summed E-state index contributed by atoms with van der Waals surface area (Å²) in [5, 5.41) is 11.9. The van der Waals surface area contributed by atoms with Crippen LogP contribution in [0.2, 0.25) is 0 Å². The lowest BCUT2D eigenvalue weighted by Gasteiger charge is -2.39. The summed E-state index contributed by atoms with van der Waals surface area (Å²) >= 11 is 0. The minimum Gasteiger partial charge on any atom is -0.480 e. The van der Waals surface area contributed by atoms with Crippen molar-refractivity contribution in [1.82, 2.24) is 5.32 Å². The molecule has 0 aromatic heterocycles. The number of carbonyl (C=O) groups is 1. The molecule has 0 saturated heterocycles. The molecule has 4 nitrogen and oxygen atoms in total. The zero-order chi connectivity index (χ0) is 13.8. The topological polar surface area (TPSA) is 58.6 Å². The Hall–Kier alpha value is -0.820. The molecule has 1 saturated carbocycles. The molecule has 0 aromatic carbocycles. The second-order valence-electron chi connectivity index (χ2n) is 4.64. The van der Waals surface area contributed by atoms with Crippen LogP contribution in [0.1, 0.15) is 25.7 Å². The Morgan fingerprint density at radius 1 is 1.56 bits per heavy atom. The monoisotopic (exact) mass is 269 g/mol. The van der Waals surface area contributed by atoms with Gasteiger partial charge in [0.2, 0.25) is 0 Å². The van der Waals surface area contributed by atoms with Gasteiger partial charge in [-0.15, -0.1) is 0 Å². The van der Waals surface area contributed by atoms with Crippen molar-refractivity contribution in [3.8, 4) is 0 Å². The number of carboxylic acid groups (broad SMARTS) is 1. The van der Waals surface area contributed by atoms with Crippen LogP contribution in [0.4, 0.5) is 13.2 Å². The third-order valence-corrected chi connectivity index (χ3v) is 3.39. The molecule has 7 heteroatoms. The number of methoxy groups -OCH3 is 1. The van der Waals surface area contributed by atoms with Crippen LogP contribution in [-0.2, 0) is 9.53 Å². The van der Waals surface area contributed by atoms with Gasteiger partial charge < -0.3 is 9.84 Å². The van der Waals surface area contributed by atoms with Gasteiger partial charge in [0.1, 0.15) is 5.54 Å². The summed E-state index contributed by atoms with van der Waals surface area (Å²) in [5.41, 5.74) is -1.48.